The van der Waals surface area contributed by atoms with E-state index in [4.69, 9.17) is 9.94 Å². The van der Waals surface area contributed by atoms with Crippen molar-refractivity contribution in [3.63, 3.8) is 0 Å². The van der Waals surface area contributed by atoms with Gasteiger partial charge in [0, 0.05) is 16.5 Å². The number of ether oxygens (including phenoxy) is 1. The van der Waals surface area contributed by atoms with Gasteiger partial charge < -0.3 is 9.94 Å². The molecule has 0 unspecified atom stereocenters. The number of nitrogens with zero attached hydrogens (tertiary/aromatic N) is 1. The van der Waals surface area contributed by atoms with Crippen LogP contribution in [0.1, 0.15) is 5.56 Å². The first-order chi connectivity index (χ1) is 7.17. The molecule has 0 saturated carbocycles. The van der Waals surface area contributed by atoms with E-state index in [2.05, 4.69) is 21.1 Å². The predicted octanol–water partition coefficient (Wildman–Crippen LogP) is 2.03. The second-order valence-corrected chi connectivity index (χ2v) is 3.76. The number of Topliss-reactive ketones (excluding diaryl/α,β-unsaturated/α-hetero) is 1. The Kier molecular flexibility index (Phi) is 4.30. The molecule has 0 atom stereocenters. The molecule has 0 saturated heterocycles. The number of benzene rings is 1. The number of carbonyl (C=O) groups excluding carboxylic acids is 1. The van der Waals surface area contributed by atoms with Crippen LogP contribution in [0.4, 0.5) is 0 Å². The van der Waals surface area contributed by atoms with E-state index in [1.54, 1.807) is 12.1 Å². The summed E-state index contributed by atoms with van der Waals surface area (Å²) in [6, 6.07) is 5.38. The quantitative estimate of drug-likeness (QED) is 0.518. The molecular formula is C10H10BrNO3. The second-order valence-electron chi connectivity index (χ2n) is 2.84. The Bertz CT molecular complexity index is 390. The number of methoxy groups -OCH3 is 1. The molecule has 0 aromatic heterocycles. The van der Waals surface area contributed by atoms with Crippen molar-refractivity contribution in [2.24, 2.45) is 5.16 Å². The predicted molar refractivity (Wildman–Crippen MR) is 59.7 cm³/mol. The summed E-state index contributed by atoms with van der Waals surface area (Å²) in [5.74, 6) is 0.349. The summed E-state index contributed by atoms with van der Waals surface area (Å²) in [6.07, 6.45) is 1.03. The molecule has 15 heavy (non-hydrogen) atoms. The molecule has 1 aromatic rings. The van der Waals surface area contributed by atoms with Gasteiger partial charge in [0.05, 0.1) is 7.11 Å². The van der Waals surface area contributed by atoms with E-state index in [0.717, 1.165) is 16.3 Å². The first-order valence-corrected chi connectivity index (χ1v) is 4.99. The van der Waals surface area contributed by atoms with Crippen LogP contribution >= 0.6 is 15.9 Å². The molecule has 1 aromatic carbocycles. The van der Waals surface area contributed by atoms with Crippen LogP contribution in [0.5, 0.6) is 5.75 Å². The van der Waals surface area contributed by atoms with Gasteiger partial charge in [0.25, 0.3) is 0 Å². The maximum absolute atomic E-state index is 11.2. The van der Waals surface area contributed by atoms with Crippen LogP contribution in [0.3, 0.4) is 0 Å². The van der Waals surface area contributed by atoms with Crippen LogP contribution in [-0.4, -0.2) is 24.3 Å². The number of ketones is 1. The minimum Gasteiger partial charge on any atom is -0.496 e. The molecule has 0 heterocycles. The first-order valence-electron chi connectivity index (χ1n) is 4.20. The highest BCUT2D eigenvalue weighted by molar-refractivity contribution is 9.10. The summed E-state index contributed by atoms with van der Waals surface area (Å²) in [4.78, 5) is 11.2. The largest absolute Gasteiger partial charge is 0.496 e. The molecule has 0 aliphatic heterocycles. The number of carbonyl (C=O) groups is 1. The monoisotopic (exact) mass is 271 g/mol. The highest BCUT2D eigenvalue weighted by Crippen LogP contribution is 2.23. The van der Waals surface area contributed by atoms with Crippen molar-refractivity contribution in [2.45, 2.75) is 6.42 Å². The Morgan fingerprint density at radius 3 is 3.00 bits per heavy atom. The van der Waals surface area contributed by atoms with E-state index in [0.29, 0.717) is 5.75 Å². The maximum Gasteiger partial charge on any atom is 0.181 e. The molecule has 1 N–H and O–H groups in total. The topological polar surface area (TPSA) is 58.9 Å². The third-order valence-corrected chi connectivity index (χ3v) is 2.31. The molecular weight excluding hydrogens is 262 g/mol. The van der Waals surface area contributed by atoms with Crippen LogP contribution in [0.15, 0.2) is 27.8 Å². The standard InChI is InChI=1S/C10H10BrNO3/c1-15-10-5-8(11)3-2-7(10)4-9(13)6-12-14/h2-3,5-6,14H,4H2,1H3. The zero-order valence-electron chi connectivity index (χ0n) is 8.11. The fraction of sp³-hybridized carbons (Fsp3) is 0.200. The molecule has 0 amide bonds. The summed E-state index contributed by atoms with van der Waals surface area (Å²) in [7, 11) is 1.54. The molecule has 0 bridgehead atoms. The fourth-order valence-corrected chi connectivity index (χ4v) is 1.50. The summed E-state index contributed by atoms with van der Waals surface area (Å²) < 4.78 is 6.00. The molecule has 0 spiro atoms. The van der Waals surface area contributed by atoms with E-state index >= 15 is 0 Å². The third kappa shape index (κ3) is 3.36. The zero-order chi connectivity index (χ0) is 11.3. The number of rotatable bonds is 4. The lowest BCUT2D eigenvalue weighted by Gasteiger charge is -2.06. The van der Waals surface area contributed by atoms with Crippen LogP contribution in [0, 0.1) is 0 Å². The fourth-order valence-electron chi connectivity index (χ4n) is 1.16. The number of halogens is 1. The smallest absolute Gasteiger partial charge is 0.181 e. The molecule has 0 aliphatic carbocycles. The summed E-state index contributed by atoms with van der Waals surface area (Å²) in [6.45, 7) is 0. The van der Waals surface area contributed by atoms with Gasteiger partial charge in [-0.05, 0) is 12.1 Å². The van der Waals surface area contributed by atoms with E-state index in [1.165, 1.54) is 7.11 Å². The van der Waals surface area contributed by atoms with Gasteiger partial charge in [-0.15, -0.1) is 0 Å². The van der Waals surface area contributed by atoms with Crippen molar-refractivity contribution in [1.82, 2.24) is 0 Å². The minimum atomic E-state index is -0.280. The van der Waals surface area contributed by atoms with E-state index in [9.17, 15) is 4.79 Å². The molecule has 4 nitrogen and oxygen atoms in total. The average molecular weight is 272 g/mol. The Balaban J connectivity index is 2.89. The summed E-state index contributed by atoms with van der Waals surface area (Å²) in [5, 5.41) is 10.9. The van der Waals surface area contributed by atoms with Crippen LogP contribution < -0.4 is 4.74 Å². The summed E-state index contributed by atoms with van der Waals surface area (Å²) in [5.41, 5.74) is 0.755. The molecule has 0 radical (unpaired) electrons. The van der Waals surface area contributed by atoms with Crippen molar-refractivity contribution < 1.29 is 14.7 Å². The molecule has 0 aliphatic rings. The van der Waals surface area contributed by atoms with Crippen molar-refractivity contribution in [3.05, 3.63) is 28.2 Å². The Labute approximate surface area is 95.7 Å². The lowest BCUT2D eigenvalue weighted by atomic mass is 10.1. The van der Waals surface area contributed by atoms with Crippen LogP contribution in [-0.2, 0) is 11.2 Å². The summed E-state index contributed by atoms with van der Waals surface area (Å²) >= 11 is 3.30. The van der Waals surface area contributed by atoms with Gasteiger partial charge in [0.15, 0.2) is 5.78 Å². The van der Waals surface area contributed by atoms with E-state index in [-0.39, 0.29) is 12.2 Å². The number of hydrogen-bond acceptors (Lipinski definition) is 4. The Hall–Kier alpha value is -1.36. The van der Waals surface area contributed by atoms with Gasteiger partial charge >= 0.3 is 0 Å². The lowest BCUT2D eigenvalue weighted by Crippen LogP contribution is -2.05. The molecule has 5 heteroatoms. The van der Waals surface area contributed by atoms with E-state index in [1.807, 2.05) is 6.07 Å². The van der Waals surface area contributed by atoms with Crippen molar-refractivity contribution in [3.8, 4) is 5.75 Å². The second kappa shape index (κ2) is 5.50. The van der Waals surface area contributed by atoms with Gasteiger partial charge in [0.2, 0.25) is 0 Å². The van der Waals surface area contributed by atoms with Gasteiger partial charge in [-0.2, -0.15) is 0 Å². The lowest BCUT2D eigenvalue weighted by molar-refractivity contribution is -0.112. The highest BCUT2D eigenvalue weighted by Gasteiger charge is 2.07. The number of oxime groups is 1. The zero-order valence-corrected chi connectivity index (χ0v) is 9.69. The highest BCUT2D eigenvalue weighted by atomic mass is 79.9. The molecule has 0 fully saturated rings. The third-order valence-electron chi connectivity index (χ3n) is 1.82. The molecule has 1 rings (SSSR count). The van der Waals surface area contributed by atoms with Crippen LogP contribution in [0.25, 0.3) is 0 Å². The van der Waals surface area contributed by atoms with Crippen LogP contribution in [0.2, 0.25) is 0 Å². The molecule has 80 valence electrons. The minimum absolute atomic E-state index is 0.153. The SMILES string of the molecule is COc1cc(Br)ccc1CC(=O)C=NO. The Morgan fingerprint density at radius 1 is 1.67 bits per heavy atom. The van der Waals surface area contributed by atoms with Crippen molar-refractivity contribution >= 4 is 27.9 Å². The van der Waals surface area contributed by atoms with Crippen molar-refractivity contribution in [1.29, 1.82) is 0 Å². The maximum atomic E-state index is 11.2. The van der Waals surface area contributed by atoms with Gasteiger partial charge in [0.1, 0.15) is 12.0 Å². The Morgan fingerprint density at radius 2 is 2.40 bits per heavy atom. The van der Waals surface area contributed by atoms with Gasteiger partial charge in [-0.1, -0.05) is 27.2 Å². The number of hydrogen-bond donors (Lipinski definition) is 1. The average Bonchev–Trinajstić information content (AvgIpc) is 2.21. The van der Waals surface area contributed by atoms with Crippen molar-refractivity contribution in [2.75, 3.05) is 7.11 Å². The normalized spacial score (nSPS) is 10.5. The first kappa shape index (κ1) is 11.7. The van der Waals surface area contributed by atoms with E-state index < -0.39 is 0 Å². The van der Waals surface area contributed by atoms with Gasteiger partial charge in [-0.3, -0.25) is 4.79 Å². The van der Waals surface area contributed by atoms with Gasteiger partial charge in [-0.25, -0.2) is 0 Å².